The summed E-state index contributed by atoms with van der Waals surface area (Å²) in [5, 5.41) is 3.77. The Hall–Kier alpha value is -0.340. The van der Waals surface area contributed by atoms with Crippen LogP contribution in [-0.4, -0.2) is 6.04 Å². The Bertz CT molecular complexity index is 371. The smallest absolute Gasteiger partial charge is 0.0294 e. The van der Waals surface area contributed by atoms with Crippen molar-refractivity contribution in [3.8, 4) is 0 Å². The van der Waals surface area contributed by atoms with Gasteiger partial charge < -0.3 is 5.32 Å². The van der Waals surface area contributed by atoms with Gasteiger partial charge in [-0.3, -0.25) is 0 Å². The summed E-state index contributed by atoms with van der Waals surface area (Å²) in [6.45, 7) is 4.62. The average Bonchev–Trinajstić information content (AvgIpc) is 2.39. The molecule has 1 aromatic rings. The lowest BCUT2D eigenvalue weighted by Crippen LogP contribution is -2.36. The maximum Gasteiger partial charge on any atom is 0.0294 e. The van der Waals surface area contributed by atoms with Crippen LogP contribution >= 0.6 is 15.9 Å². The van der Waals surface area contributed by atoms with E-state index in [9.17, 15) is 0 Å². The first-order valence-corrected chi connectivity index (χ1v) is 7.97. The van der Waals surface area contributed by atoms with Crippen molar-refractivity contribution < 1.29 is 0 Å². The summed E-state index contributed by atoms with van der Waals surface area (Å²) < 4.78 is 1.17. The molecule has 1 N–H and O–H groups in total. The van der Waals surface area contributed by atoms with E-state index in [2.05, 4.69) is 59.4 Å². The Balaban J connectivity index is 1.91. The molecule has 1 nitrogen and oxygen atoms in total. The molecule has 0 radical (unpaired) electrons. The first-order valence-electron chi connectivity index (χ1n) is 7.18. The fourth-order valence-corrected chi connectivity index (χ4v) is 3.45. The van der Waals surface area contributed by atoms with Gasteiger partial charge in [0.15, 0.2) is 0 Å². The third-order valence-corrected chi connectivity index (χ3v) is 4.71. The fraction of sp³-hybridized carbons (Fsp3) is 0.625. The molecule has 1 fully saturated rings. The standard InChI is InChI=1S/C16H24BrN/c1-12(14-7-4-3-5-8-14)18-13(2)15-9-6-10-16(17)11-15/h6,9-14,18H,3-5,7-8H2,1-2H3/t12-,13?/m1/s1. The van der Waals surface area contributed by atoms with E-state index in [4.69, 9.17) is 0 Å². The SMILES string of the molecule is CC(N[C@H](C)C1CCCCC1)c1cccc(Br)c1. The molecule has 0 aliphatic heterocycles. The number of nitrogens with one attached hydrogen (secondary N) is 1. The molecule has 1 aromatic carbocycles. The summed E-state index contributed by atoms with van der Waals surface area (Å²) in [6.07, 6.45) is 7.08. The van der Waals surface area contributed by atoms with Gasteiger partial charge in [0.1, 0.15) is 0 Å². The number of halogens is 1. The van der Waals surface area contributed by atoms with E-state index >= 15 is 0 Å². The highest BCUT2D eigenvalue weighted by Crippen LogP contribution is 2.28. The number of hydrogen-bond acceptors (Lipinski definition) is 1. The van der Waals surface area contributed by atoms with E-state index in [1.54, 1.807) is 0 Å². The predicted molar refractivity (Wildman–Crippen MR) is 81.7 cm³/mol. The van der Waals surface area contributed by atoms with Gasteiger partial charge in [0.05, 0.1) is 0 Å². The van der Waals surface area contributed by atoms with Gasteiger partial charge in [0.25, 0.3) is 0 Å². The van der Waals surface area contributed by atoms with Crippen molar-refractivity contribution in [2.45, 2.75) is 58.0 Å². The molecule has 0 heterocycles. The molecule has 100 valence electrons. The van der Waals surface area contributed by atoms with Gasteiger partial charge >= 0.3 is 0 Å². The van der Waals surface area contributed by atoms with E-state index in [1.807, 2.05) is 0 Å². The van der Waals surface area contributed by atoms with Crippen LogP contribution in [0.25, 0.3) is 0 Å². The van der Waals surface area contributed by atoms with Crippen LogP contribution < -0.4 is 5.32 Å². The van der Waals surface area contributed by atoms with Crippen LogP contribution in [-0.2, 0) is 0 Å². The number of hydrogen-bond donors (Lipinski definition) is 1. The van der Waals surface area contributed by atoms with Crippen LogP contribution in [0.5, 0.6) is 0 Å². The van der Waals surface area contributed by atoms with Gasteiger partial charge in [0.2, 0.25) is 0 Å². The molecule has 0 bridgehead atoms. The maximum absolute atomic E-state index is 3.77. The molecule has 1 unspecified atom stereocenters. The molecule has 18 heavy (non-hydrogen) atoms. The minimum absolute atomic E-state index is 0.430. The van der Waals surface area contributed by atoms with Crippen molar-refractivity contribution in [1.29, 1.82) is 0 Å². The molecule has 2 rings (SSSR count). The Kier molecular flexibility index (Phi) is 5.25. The van der Waals surface area contributed by atoms with Gasteiger partial charge in [-0.25, -0.2) is 0 Å². The van der Waals surface area contributed by atoms with E-state index in [0.717, 1.165) is 5.92 Å². The van der Waals surface area contributed by atoms with Crippen LogP contribution in [0.15, 0.2) is 28.7 Å². The van der Waals surface area contributed by atoms with Crippen molar-refractivity contribution in [2.24, 2.45) is 5.92 Å². The molecule has 2 atom stereocenters. The lowest BCUT2D eigenvalue weighted by atomic mass is 9.84. The average molecular weight is 310 g/mol. The molecular weight excluding hydrogens is 286 g/mol. The minimum atomic E-state index is 0.430. The van der Waals surface area contributed by atoms with Crippen LogP contribution in [0.2, 0.25) is 0 Å². The Morgan fingerprint density at radius 3 is 2.56 bits per heavy atom. The van der Waals surface area contributed by atoms with Crippen molar-refractivity contribution in [3.05, 3.63) is 34.3 Å². The summed E-state index contributed by atoms with van der Waals surface area (Å²) in [4.78, 5) is 0. The van der Waals surface area contributed by atoms with Gasteiger partial charge in [-0.2, -0.15) is 0 Å². The van der Waals surface area contributed by atoms with Crippen LogP contribution in [0.4, 0.5) is 0 Å². The first kappa shape index (κ1) is 14.1. The van der Waals surface area contributed by atoms with Gasteiger partial charge in [0, 0.05) is 16.6 Å². The maximum atomic E-state index is 3.77. The zero-order chi connectivity index (χ0) is 13.0. The summed E-state index contributed by atoms with van der Waals surface area (Å²) in [6, 6.07) is 9.67. The minimum Gasteiger partial charge on any atom is -0.307 e. The number of benzene rings is 1. The molecule has 1 aliphatic rings. The van der Waals surface area contributed by atoms with Crippen LogP contribution in [0.1, 0.15) is 57.6 Å². The Morgan fingerprint density at radius 2 is 1.89 bits per heavy atom. The molecule has 1 saturated carbocycles. The van der Waals surface area contributed by atoms with Crippen molar-refractivity contribution in [2.75, 3.05) is 0 Å². The zero-order valence-electron chi connectivity index (χ0n) is 11.5. The quantitative estimate of drug-likeness (QED) is 0.819. The highest BCUT2D eigenvalue weighted by molar-refractivity contribution is 9.10. The summed E-state index contributed by atoms with van der Waals surface area (Å²) in [5.74, 6) is 0.869. The van der Waals surface area contributed by atoms with Gasteiger partial charge in [-0.1, -0.05) is 47.3 Å². The second-order valence-corrected chi connectivity index (χ2v) is 6.55. The molecule has 0 aromatic heterocycles. The highest BCUT2D eigenvalue weighted by Gasteiger charge is 2.21. The molecule has 0 spiro atoms. The highest BCUT2D eigenvalue weighted by atomic mass is 79.9. The largest absolute Gasteiger partial charge is 0.307 e. The lowest BCUT2D eigenvalue weighted by Gasteiger charge is -2.30. The third-order valence-electron chi connectivity index (χ3n) is 4.22. The van der Waals surface area contributed by atoms with E-state index < -0.39 is 0 Å². The zero-order valence-corrected chi connectivity index (χ0v) is 13.0. The van der Waals surface area contributed by atoms with Gasteiger partial charge in [-0.15, -0.1) is 0 Å². The third kappa shape index (κ3) is 3.83. The molecule has 2 heteroatoms. The van der Waals surface area contributed by atoms with E-state index in [0.29, 0.717) is 12.1 Å². The molecule has 0 saturated heterocycles. The number of rotatable bonds is 4. The van der Waals surface area contributed by atoms with E-state index in [1.165, 1.54) is 42.1 Å². The summed E-state index contributed by atoms with van der Waals surface area (Å²) in [7, 11) is 0. The Morgan fingerprint density at radius 1 is 1.17 bits per heavy atom. The summed E-state index contributed by atoms with van der Waals surface area (Å²) in [5.41, 5.74) is 1.37. The Labute approximate surface area is 119 Å². The lowest BCUT2D eigenvalue weighted by molar-refractivity contribution is 0.268. The normalized spacial score (nSPS) is 20.6. The predicted octanol–water partition coefficient (Wildman–Crippen LogP) is 5.07. The van der Waals surface area contributed by atoms with E-state index in [-0.39, 0.29) is 0 Å². The van der Waals surface area contributed by atoms with Crippen LogP contribution in [0, 0.1) is 5.92 Å². The first-order chi connectivity index (χ1) is 8.66. The second kappa shape index (κ2) is 6.72. The summed E-state index contributed by atoms with van der Waals surface area (Å²) >= 11 is 3.55. The monoisotopic (exact) mass is 309 g/mol. The van der Waals surface area contributed by atoms with Crippen LogP contribution in [0.3, 0.4) is 0 Å². The molecular formula is C16H24BrN. The molecule has 0 amide bonds. The van der Waals surface area contributed by atoms with Gasteiger partial charge in [-0.05, 0) is 50.3 Å². The second-order valence-electron chi connectivity index (χ2n) is 5.63. The fourth-order valence-electron chi connectivity index (χ4n) is 3.04. The topological polar surface area (TPSA) is 12.0 Å². The molecule has 1 aliphatic carbocycles. The van der Waals surface area contributed by atoms with Crippen molar-refractivity contribution >= 4 is 15.9 Å². The van der Waals surface area contributed by atoms with Crippen molar-refractivity contribution in [3.63, 3.8) is 0 Å². The van der Waals surface area contributed by atoms with Crippen molar-refractivity contribution in [1.82, 2.24) is 5.32 Å².